The fourth-order valence-electron chi connectivity index (χ4n) is 2.41. The van der Waals surface area contributed by atoms with Crippen molar-refractivity contribution in [1.29, 1.82) is 0 Å². The number of rotatable bonds is 10. The molecule has 1 aromatic rings. The fourth-order valence-corrected chi connectivity index (χ4v) is 5.85. The molecule has 1 aliphatic rings. The van der Waals surface area contributed by atoms with Crippen molar-refractivity contribution < 1.29 is 32.2 Å². The number of methoxy groups -OCH3 is 1. The van der Waals surface area contributed by atoms with Gasteiger partial charge < -0.3 is 19.5 Å². The zero-order valence-electron chi connectivity index (χ0n) is 15.0. The average Bonchev–Trinajstić information content (AvgIpc) is 3.01. The Kier molecular flexibility index (Phi) is 8.23. The lowest BCUT2D eigenvalue weighted by Gasteiger charge is -2.11. The lowest BCUT2D eigenvalue weighted by atomic mass is 10.3. The summed E-state index contributed by atoms with van der Waals surface area (Å²) in [4.78, 5) is 23.3. The lowest BCUT2D eigenvalue weighted by Crippen LogP contribution is -2.32. The summed E-state index contributed by atoms with van der Waals surface area (Å²) in [5.74, 6) is 0.503. The van der Waals surface area contributed by atoms with Crippen LogP contribution in [0.5, 0.6) is 11.5 Å². The van der Waals surface area contributed by atoms with E-state index in [1.807, 2.05) is 12.1 Å². The highest BCUT2D eigenvalue weighted by Gasteiger charge is 2.28. The Hall–Kier alpha value is -1.94. The topological polar surface area (TPSA) is 108 Å². The first-order valence-electron chi connectivity index (χ1n) is 8.40. The molecule has 0 unspecified atom stereocenters. The Morgan fingerprint density at radius 2 is 2.00 bits per heavy atom. The molecule has 1 aromatic carbocycles. The number of hydrogen-bond donors (Lipinski definition) is 1. The van der Waals surface area contributed by atoms with Crippen molar-refractivity contribution in [2.45, 2.75) is 11.7 Å². The Labute approximate surface area is 162 Å². The summed E-state index contributed by atoms with van der Waals surface area (Å²) < 4.78 is 38.3. The van der Waals surface area contributed by atoms with E-state index in [0.717, 1.165) is 0 Å². The number of esters is 1. The average molecular weight is 418 g/mol. The largest absolute Gasteiger partial charge is 0.493 e. The predicted molar refractivity (Wildman–Crippen MR) is 102 cm³/mol. The second kappa shape index (κ2) is 10.4. The molecule has 2 rings (SSSR count). The van der Waals surface area contributed by atoms with E-state index >= 15 is 0 Å². The fraction of sp³-hybridized carbons (Fsp3) is 0.529. The van der Waals surface area contributed by atoms with Crippen LogP contribution in [0.15, 0.2) is 24.3 Å². The Morgan fingerprint density at radius 1 is 1.26 bits per heavy atom. The lowest BCUT2D eigenvalue weighted by molar-refractivity contribution is -0.145. The molecular formula is C17H23NO7S2. The van der Waals surface area contributed by atoms with Gasteiger partial charge in [0.2, 0.25) is 0 Å². The van der Waals surface area contributed by atoms with Gasteiger partial charge in [-0.15, -0.1) is 11.8 Å². The van der Waals surface area contributed by atoms with Crippen LogP contribution in [0.3, 0.4) is 0 Å². The summed E-state index contributed by atoms with van der Waals surface area (Å²) >= 11 is 1.25. The molecule has 27 heavy (non-hydrogen) atoms. The third-order valence-electron chi connectivity index (χ3n) is 3.74. The van der Waals surface area contributed by atoms with Gasteiger partial charge in [0, 0.05) is 5.25 Å². The summed E-state index contributed by atoms with van der Waals surface area (Å²) in [5.41, 5.74) is 0. The molecule has 0 aliphatic carbocycles. The molecule has 1 fully saturated rings. The smallest absolute Gasteiger partial charge is 0.316 e. The van der Waals surface area contributed by atoms with E-state index in [1.54, 1.807) is 19.2 Å². The third-order valence-corrected chi connectivity index (χ3v) is 7.00. The maximum Gasteiger partial charge on any atom is 0.316 e. The summed E-state index contributed by atoms with van der Waals surface area (Å²) in [6.07, 6.45) is 0.549. The number of ether oxygens (including phenoxy) is 3. The van der Waals surface area contributed by atoms with E-state index in [-0.39, 0.29) is 42.3 Å². The zero-order chi connectivity index (χ0) is 19.7. The van der Waals surface area contributed by atoms with Gasteiger partial charge in [0.05, 0.1) is 30.9 Å². The highest BCUT2D eigenvalue weighted by Crippen LogP contribution is 2.25. The molecule has 1 heterocycles. The van der Waals surface area contributed by atoms with Crippen LogP contribution in [0.2, 0.25) is 0 Å². The van der Waals surface area contributed by atoms with Crippen LogP contribution in [0.25, 0.3) is 0 Å². The minimum absolute atomic E-state index is 0.0321. The molecule has 150 valence electrons. The van der Waals surface area contributed by atoms with E-state index in [0.29, 0.717) is 17.9 Å². The van der Waals surface area contributed by atoms with E-state index in [4.69, 9.17) is 14.2 Å². The SMILES string of the molecule is COc1ccccc1OCCNC(=O)COC(=O)CS[C@@H]1CCS(=O)(=O)C1. The molecule has 1 amide bonds. The number of thioether (sulfide) groups is 1. The normalized spacial score (nSPS) is 17.9. The molecular weight excluding hydrogens is 394 g/mol. The quantitative estimate of drug-likeness (QED) is 0.437. The van der Waals surface area contributed by atoms with Gasteiger partial charge >= 0.3 is 5.97 Å². The minimum Gasteiger partial charge on any atom is -0.493 e. The number of hydrogen-bond acceptors (Lipinski definition) is 8. The van der Waals surface area contributed by atoms with Crippen molar-refractivity contribution in [2.24, 2.45) is 0 Å². The van der Waals surface area contributed by atoms with Crippen molar-refractivity contribution in [3.63, 3.8) is 0 Å². The van der Waals surface area contributed by atoms with Crippen LogP contribution < -0.4 is 14.8 Å². The van der Waals surface area contributed by atoms with Crippen LogP contribution in [0.4, 0.5) is 0 Å². The molecule has 1 aliphatic heterocycles. The van der Waals surface area contributed by atoms with Crippen molar-refractivity contribution in [3.05, 3.63) is 24.3 Å². The molecule has 0 radical (unpaired) electrons. The van der Waals surface area contributed by atoms with Crippen molar-refractivity contribution in [2.75, 3.05) is 44.1 Å². The van der Waals surface area contributed by atoms with Gasteiger partial charge in [0.25, 0.3) is 5.91 Å². The van der Waals surface area contributed by atoms with Gasteiger partial charge in [-0.3, -0.25) is 9.59 Å². The molecule has 8 nitrogen and oxygen atoms in total. The molecule has 0 saturated carbocycles. The van der Waals surface area contributed by atoms with E-state index in [1.165, 1.54) is 11.8 Å². The Morgan fingerprint density at radius 3 is 2.67 bits per heavy atom. The van der Waals surface area contributed by atoms with Crippen molar-refractivity contribution in [1.82, 2.24) is 5.32 Å². The number of benzene rings is 1. The monoisotopic (exact) mass is 417 g/mol. The summed E-state index contributed by atoms with van der Waals surface area (Å²) in [6, 6.07) is 7.17. The molecule has 1 saturated heterocycles. The number of sulfone groups is 1. The number of amides is 1. The molecule has 1 atom stereocenters. The van der Waals surface area contributed by atoms with Crippen LogP contribution in [0, 0.1) is 0 Å². The maximum atomic E-state index is 11.7. The number of para-hydroxylation sites is 2. The molecule has 0 aromatic heterocycles. The van der Waals surface area contributed by atoms with Gasteiger partial charge in [-0.1, -0.05) is 12.1 Å². The van der Waals surface area contributed by atoms with Crippen LogP contribution in [0.1, 0.15) is 6.42 Å². The molecule has 10 heteroatoms. The van der Waals surface area contributed by atoms with Crippen molar-refractivity contribution >= 4 is 33.5 Å². The highest BCUT2D eigenvalue weighted by molar-refractivity contribution is 8.02. The van der Waals surface area contributed by atoms with Gasteiger partial charge in [-0.05, 0) is 18.6 Å². The van der Waals surface area contributed by atoms with E-state index < -0.39 is 21.7 Å². The number of carbonyl (C=O) groups excluding carboxylic acids is 2. The second-order valence-electron chi connectivity index (χ2n) is 5.85. The molecule has 1 N–H and O–H groups in total. The Balaban J connectivity index is 1.56. The molecule has 0 spiro atoms. The van der Waals surface area contributed by atoms with E-state index in [9.17, 15) is 18.0 Å². The zero-order valence-corrected chi connectivity index (χ0v) is 16.6. The first kappa shape index (κ1) is 21.4. The summed E-state index contributed by atoms with van der Waals surface area (Å²) in [7, 11) is -1.42. The standard InChI is InChI=1S/C17H23NO7S2/c1-23-14-4-2-3-5-15(14)24-8-7-18-16(19)10-25-17(20)11-26-13-6-9-27(21,22)12-13/h2-5,13H,6-12H2,1H3,(H,18,19)/t13-/m1/s1. The first-order chi connectivity index (χ1) is 12.9. The number of nitrogens with one attached hydrogen (secondary N) is 1. The second-order valence-corrected chi connectivity index (χ2v) is 9.36. The van der Waals surface area contributed by atoms with Crippen molar-refractivity contribution in [3.8, 4) is 11.5 Å². The van der Waals surface area contributed by atoms with Gasteiger partial charge in [-0.2, -0.15) is 0 Å². The minimum atomic E-state index is -2.96. The summed E-state index contributed by atoms with van der Waals surface area (Å²) in [5, 5.41) is 2.51. The Bertz CT molecular complexity index is 751. The third kappa shape index (κ3) is 7.67. The van der Waals surface area contributed by atoms with Crippen LogP contribution in [-0.2, 0) is 24.2 Å². The van der Waals surface area contributed by atoms with E-state index in [2.05, 4.69) is 5.32 Å². The first-order valence-corrected chi connectivity index (χ1v) is 11.3. The maximum absolute atomic E-state index is 11.7. The van der Waals surface area contributed by atoms with Crippen LogP contribution >= 0.6 is 11.8 Å². The predicted octanol–water partition coefficient (Wildman–Crippen LogP) is 0.654. The van der Waals surface area contributed by atoms with Gasteiger partial charge in [0.1, 0.15) is 6.61 Å². The summed E-state index contributed by atoms with van der Waals surface area (Å²) in [6.45, 7) is 0.117. The highest BCUT2D eigenvalue weighted by atomic mass is 32.2. The number of carbonyl (C=O) groups is 2. The van der Waals surface area contributed by atoms with Gasteiger partial charge in [-0.25, -0.2) is 8.42 Å². The molecule has 0 bridgehead atoms. The van der Waals surface area contributed by atoms with Gasteiger partial charge in [0.15, 0.2) is 27.9 Å². The van der Waals surface area contributed by atoms with Crippen LogP contribution in [-0.4, -0.2) is 69.7 Å².